The Morgan fingerprint density at radius 2 is 1.04 bits per heavy atom. The van der Waals surface area contributed by atoms with E-state index in [2.05, 4.69) is 49.6 Å². The van der Waals surface area contributed by atoms with Crippen molar-refractivity contribution in [2.45, 2.75) is 48.4 Å². The van der Waals surface area contributed by atoms with Crippen LogP contribution in [0, 0.1) is 0 Å². The van der Waals surface area contributed by atoms with E-state index in [1.165, 1.54) is 48.2 Å². The van der Waals surface area contributed by atoms with Gasteiger partial charge in [0.05, 0.1) is 57.8 Å². The Morgan fingerprint density at radius 1 is 0.597 bits per heavy atom. The number of methoxy groups -OCH3 is 2. The van der Waals surface area contributed by atoms with E-state index in [0.717, 1.165) is 40.0 Å². The highest BCUT2D eigenvalue weighted by atomic mass is 32.2. The molecule has 3 heterocycles. The van der Waals surface area contributed by atoms with Crippen LogP contribution in [-0.4, -0.2) is 90.0 Å². The first-order chi connectivity index (χ1) is 34.6. The minimum atomic E-state index is -4.51. The zero-order valence-electron chi connectivity index (χ0n) is 39.5. The molecule has 0 atom stereocenters. The van der Waals surface area contributed by atoms with Crippen LogP contribution in [0.3, 0.4) is 0 Å². The van der Waals surface area contributed by atoms with Gasteiger partial charge in [0.2, 0.25) is 11.9 Å². The normalized spacial score (nSPS) is 12.1. The highest BCUT2D eigenvalue weighted by Crippen LogP contribution is 2.44. The first kappa shape index (κ1) is 51.4. The van der Waals surface area contributed by atoms with Crippen molar-refractivity contribution < 1.29 is 35.4 Å². The maximum absolute atomic E-state index is 12.0. The summed E-state index contributed by atoms with van der Waals surface area (Å²) in [5.74, 6) is 1.79. The molecule has 72 heavy (non-hydrogen) atoms. The number of hydrogen-bond donors (Lipinski definition) is 4. The second-order valence-electron chi connectivity index (χ2n) is 15.4. The third-order valence-electron chi connectivity index (χ3n) is 11.1. The van der Waals surface area contributed by atoms with Crippen LogP contribution in [0.4, 0.5) is 56.0 Å². The number of fused-ring (bicyclic) bond motifs is 2. The van der Waals surface area contributed by atoms with Gasteiger partial charge in [0, 0.05) is 54.8 Å². The molecule has 4 N–H and O–H groups in total. The Morgan fingerprint density at radius 3 is 1.44 bits per heavy atom. The van der Waals surface area contributed by atoms with Crippen LogP contribution in [0.15, 0.2) is 126 Å². The standard InChI is InChI=1S/C46H47N13O8S5/c1-7-58(8-2)38-22-34(36(24-40(38)66-5)52-54-42-30-20-28(71(60,61)62)16-18-32(30)56-69-42)47-44-49-45(51-46(50-44)68-26-27-14-12-11-13-15-27)48-35-23-39(59(9-3)10-4)41(67-6)25-37(35)53-55-43-31-21-29(72(63,64)65)17-19-33(31)57-70-43/h11-25H,7-10,26H2,1-6H3,(H,60,61,62)(H,63,64,65)(H2,47,48,49,50,51). The van der Waals surface area contributed by atoms with Crippen molar-refractivity contribution in [3.05, 3.63) is 96.6 Å². The van der Waals surface area contributed by atoms with E-state index in [4.69, 9.17) is 24.4 Å². The summed E-state index contributed by atoms with van der Waals surface area (Å²) in [6.45, 7) is 10.7. The van der Waals surface area contributed by atoms with Gasteiger partial charge in [-0.25, -0.2) is 0 Å². The van der Waals surface area contributed by atoms with E-state index in [-0.39, 0.29) is 21.7 Å². The minimum absolute atomic E-state index is 0.127. The zero-order valence-corrected chi connectivity index (χ0v) is 43.6. The molecule has 0 aliphatic carbocycles. The Hall–Kier alpha value is -6.94. The molecule has 0 amide bonds. The summed E-state index contributed by atoms with van der Waals surface area (Å²) >= 11 is 3.40. The number of nitrogens with zero attached hydrogens (tertiary/aromatic N) is 11. The number of hydrogen-bond acceptors (Lipinski definition) is 22. The van der Waals surface area contributed by atoms with Crippen LogP contribution < -0.4 is 29.9 Å². The van der Waals surface area contributed by atoms with Crippen molar-refractivity contribution in [2.24, 2.45) is 20.5 Å². The highest BCUT2D eigenvalue weighted by molar-refractivity contribution is 7.98. The van der Waals surface area contributed by atoms with E-state index >= 15 is 0 Å². The van der Waals surface area contributed by atoms with Crippen molar-refractivity contribution in [3.8, 4) is 11.5 Å². The van der Waals surface area contributed by atoms with E-state index in [1.54, 1.807) is 26.4 Å². The first-order valence-corrected chi connectivity index (χ1v) is 27.5. The lowest BCUT2D eigenvalue weighted by atomic mass is 10.2. The second-order valence-corrected chi connectivity index (χ2v) is 20.7. The van der Waals surface area contributed by atoms with Crippen molar-refractivity contribution in [1.82, 2.24) is 23.7 Å². The molecule has 0 fully saturated rings. The topological polar surface area (TPSA) is 272 Å². The number of thioether (sulfide) groups is 1. The molecule has 21 nitrogen and oxygen atoms in total. The SMILES string of the molecule is CCN(CC)c1cc(Nc2nc(Nc3cc(N(CC)CC)c(OC)cc3N=Nc3snc4ccc(S(=O)(=O)O)cc34)nc(SCc3ccccc3)n2)c(N=Nc2snc3ccc(S(=O)(=O)O)cc23)cc1OC. The number of azo groups is 2. The fourth-order valence-corrected chi connectivity index (χ4v) is 10.6. The molecule has 5 aromatic carbocycles. The van der Waals surface area contributed by atoms with Crippen LogP contribution in [0.2, 0.25) is 0 Å². The fourth-order valence-electron chi connectivity index (χ4n) is 7.41. The summed E-state index contributed by atoms with van der Waals surface area (Å²) in [5, 5.41) is 26.7. The fraction of sp³-hybridized carbons (Fsp3) is 0.239. The first-order valence-electron chi connectivity index (χ1n) is 22.1. The van der Waals surface area contributed by atoms with Crippen LogP contribution >= 0.6 is 34.8 Å². The Labute approximate surface area is 427 Å². The van der Waals surface area contributed by atoms with Crippen LogP contribution in [-0.2, 0) is 26.0 Å². The second kappa shape index (κ2) is 22.2. The number of nitrogens with one attached hydrogen (secondary N) is 2. The molecule has 0 unspecified atom stereocenters. The van der Waals surface area contributed by atoms with Crippen LogP contribution in [0.5, 0.6) is 11.5 Å². The maximum atomic E-state index is 12.0. The van der Waals surface area contributed by atoms with E-state index in [0.29, 0.717) is 103 Å². The molecule has 0 spiro atoms. The Kier molecular flexibility index (Phi) is 15.9. The number of aromatic nitrogens is 5. The van der Waals surface area contributed by atoms with Gasteiger partial charge in [-0.3, -0.25) is 9.11 Å². The quantitative estimate of drug-likeness (QED) is 0.0296. The van der Waals surface area contributed by atoms with E-state index in [1.807, 2.05) is 70.2 Å². The molecular weight excluding hydrogens is 1020 g/mol. The van der Waals surface area contributed by atoms with E-state index < -0.39 is 20.2 Å². The van der Waals surface area contributed by atoms with Gasteiger partial charge >= 0.3 is 0 Å². The number of anilines is 6. The zero-order chi connectivity index (χ0) is 51.2. The molecule has 0 saturated heterocycles. The highest BCUT2D eigenvalue weighted by Gasteiger charge is 2.21. The van der Waals surface area contributed by atoms with Gasteiger partial charge in [-0.2, -0.15) is 40.5 Å². The predicted molar refractivity (Wildman–Crippen MR) is 283 cm³/mol. The number of ether oxygens (including phenoxy) is 2. The van der Waals surface area contributed by atoms with Gasteiger partial charge in [-0.15, -0.1) is 20.5 Å². The summed E-state index contributed by atoms with van der Waals surface area (Å²) in [6.07, 6.45) is 0. The molecule has 8 aromatic rings. The largest absolute Gasteiger partial charge is 0.494 e. The van der Waals surface area contributed by atoms with Gasteiger partial charge in [0.15, 0.2) is 15.2 Å². The van der Waals surface area contributed by atoms with Gasteiger partial charge in [-0.1, -0.05) is 42.1 Å². The van der Waals surface area contributed by atoms with Gasteiger partial charge in [-0.05, 0) is 105 Å². The third kappa shape index (κ3) is 11.7. The average molecular weight is 1070 g/mol. The lowest BCUT2D eigenvalue weighted by Crippen LogP contribution is -2.22. The molecular formula is C46H47N13O8S5. The molecule has 0 aliphatic heterocycles. The van der Waals surface area contributed by atoms with Crippen LogP contribution in [0.25, 0.3) is 21.8 Å². The predicted octanol–water partition coefficient (Wildman–Crippen LogP) is 11.9. The minimum Gasteiger partial charge on any atom is -0.494 e. The summed E-state index contributed by atoms with van der Waals surface area (Å²) in [4.78, 5) is 18.2. The lowest BCUT2D eigenvalue weighted by molar-refractivity contribution is 0.414. The molecule has 26 heteroatoms. The lowest BCUT2D eigenvalue weighted by Gasteiger charge is -2.25. The van der Waals surface area contributed by atoms with Crippen molar-refractivity contribution in [3.63, 3.8) is 0 Å². The molecule has 0 aliphatic rings. The number of rotatable bonds is 21. The van der Waals surface area contributed by atoms with E-state index in [9.17, 15) is 25.9 Å². The number of benzene rings is 5. The van der Waals surface area contributed by atoms with Crippen LogP contribution in [0.1, 0.15) is 33.3 Å². The molecule has 0 bridgehead atoms. The average Bonchev–Trinajstić information content (AvgIpc) is 3.98. The maximum Gasteiger partial charge on any atom is 0.294 e. The molecule has 0 saturated carbocycles. The monoisotopic (exact) mass is 1070 g/mol. The summed E-state index contributed by atoms with van der Waals surface area (Å²) in [6, 6.07) is 25.1. The smallest absolute Gasteiger partial charge is 0.294 e. The van der Waals surface area contributed by atoms with Gasteiger partial charge < -0.3 is 29.9 Å². The summed E-state index contributed by atoms with van der Waals surface area (Å²) in [7, 11) is -5.90. The Bertz CT molecular complexity index is 3340. The molecule has 374 valence electrons. The summed E-state index contributed by atoms with van der Waals surface area (Å²) < 4.78 is 88.2. The molecule has 0 radical (unpaired) electrons. The van der Waals surface area contributed by atoms with Gasteiger partial charge in [0.1, 0.15) is 22.9 Å². The van der Waals surface area contributed by atoms with Crippen molar-refractivity contribution >= 4 is 133 Å². The van der Waals surface area contributed by atoms with Crippen molar-refractivity contribution in [1.29, 1.82) is 0 Å². The van der Waals surface area contributed by atoms with Gasteiger partial charge in [0.25, 0.3) is 20.2 Å². The molecule has 3 aromatic heterocycles. The Balaban J connectivity index is 1.25. The third-order valence-corrected chi connectivity index (χ3v) is 15.2. The molecule has 8 rings (SSSR count). The van der Waals surface area contributed by atoms with Crippen molar-refractivity contribution in [2.75, 3.05) is 60.8 Å². The summed E-state index contributed by atoms with van der Waals surface area (Å²) in [5.41, 5.74) is 4.95.